The van der Waals surface area contributed by atoms with Crippen LogP contribution in [-0.4, -0.2) is 41.0 Å². The van der Waals surface area contributed by atoms with Gasteiger partial charge in [-0.05, 0) is 36.6 Å². The van der Waals surface area contributed by atoms with Gasteiger partial charge in [0.25, 0.3) is 0 Å². The summed E-state index contributed by atoms with van der Waals surface area (Å²) < 4.78 is 0. The number of likely N-dealkylation sites (tertiary alicyclic amines) is 1. The van der Waals surface area contributed by atoms with Gasteiger partial charge in [-0.2, -0.15) is 0 Å². The Bertz CT molecular complexity index is 746. The number of likely N-dealkylation sites (N-methyl/N-ethyl adjacent to an activating group) is 1. The van der Waals surface area contributed by atoms with Crippen molar-refractivity contribution in [3.05, 3.63) is 65.7 Å². The van der Waals surface area contributed by atoms with Crippen molar-refractivity contribution in [2.45, 2.75) is 30.4 Å². The summed E-state index contributed by atoms with van der Waals surface area (Å²) in [7, 11) is 1.91. The molecule has 1 fully saturated rings. The molecule has 0 aromatic heterocycles. The lowest BCUT2D eigenvalue weighted by molar-refractivity contribution is -0.140. The van der Waals surface area contributed by atoms with E-state index in [1.54, 1.807) is 11.8 Å². The number of hydrogen-bond acceptors (Lipinski definition) is 4. The van der Waals surface area contributed by atoms with E-state index in [1.807, 2.05) is 48.5 Å². The van der Waals surface area contributed by atoms with Gasteiger partial charge in [-0.1, -0.05) is 42.5 Å². The van der Waals surface area contributed by atoms with Crippen LogP contribution in [-0.2, 0) is 22.7 Å². The molecule has 0 radical (unpaired) electrons. The first-order valence-corrected chi connectivity index (χ1v) is 9.52. The van der Waals surface area contributed by atoms with Gasteiger partial charge >= 0.3 is 0 Å². The molecule has 2 aromatic carbocycles. The van der Waals surface area contributed by atoms with E-state index in [-0.39, 0.29) is 24.3 Å². The molecule has 1 atom stereocenters. The second-order valence-corrected chi connectivity index (χ2v) is 7.17. The lowest BCUT2D eigenvalue weighted by Crippen LogP contribution is -2.39. The van der Waals surface area contributed by atoms with E-state index >= 15 is 0 Å². The molecule has 2 amide bonds. The van der Waals surface area contributed by atoms with E-state index in [2.05, 4.69) is 24.3 Å². The molecule has 0 N–H and O–H groups in total. The zero-order valence-electron chi connectivity index (χ0n) is 14.5. The summed E-state index contributed by atoms with van der Waals surface area (Å²) in [5.74, 6) is -0.194. The maximum absolute atomic E-state index is 12.7. The highest BCUT2D eigenvalue weighted by Crippen LogP contribution is 2.22. The molecule has 1 heterocycles. The lowest BCUT2D eigenvalue weighted by atomic mass is 10.1. The van der Waals surface area contributed by atoms with Crippen LogP contribution in [0.25, 0.3) is 0 Å². The van der Waals surface area contributed by atoms with Crippen LogP contribution in [0.2, 0.25) is 0 Å². The second-order valence-electron chi connectivity index (χ2n) is 6.29. The SMILES string of the molecule is CSc1ccc(CN(C)[C@@H]2CC(=O)N(Cc3ccccc3)C2=O)cc1. The van der Waals surface area contributed by atoms with Crippen molar-refractivity contribution in [3.8, 4) is 0 Å². The number of imide groups is 1. The molecule has 1 saturated heterocycles. The zero-order chi connectivity index (χ0) is 17.8. The fourth-order valence-corrected chi connectivity index (χ4v) is 3.48. The molecule has 1 aliphatic heterocycles. The van der Waals surface area contributed by atoms with Gasteiger partial charge in [-0.25, -0.2) is 0 Å². The van der Waals surface area contributed by atoms with E-state index in [4.69, 9.17) is 0 Å². The number of benzene rings is 2. The maximum Gasteiger partial charge on any atom is 0.247 e. The minimum atomic E-state index is -0.378. The molecule has 130 valence electrons. The predicted molar refractivity (Wildman–Crippen MR) is 100 cm³/mol. The third-order valence-electron chi connectivity index (χ3n) is 4.53. The Morgan fingerprint density at radius 2 is 1.72 bits per heavy atom. The highest BCUT2D eigenvalue weighted by molar-refractivity contribution is 7.98. The van der Waals surface area contributed by atoms with Gasteiger partial charge in [0.05, 0.1) is 19.0 Å². The summed E-state index contributed by atoms with van der Waals surface area (Å²) in [4.78, 5) is 29.6. The largest absolute Gasteiger partial charge is 0.290 e. The van der Waals surface area contributed by atoms with E-state index in [9.17, 15) is 9.59 Å². The van der Waals surface area contributed by atoms with E-state index in [1.165, 1.54) is 9.80 Å². The van der Waals surface area contributed by atoms with Crippen LogP contribution in [0.1, 0.15) is 17.5 Å². The Labute approximate surface area is 152 Å². The summed E-state index contributed by atoms with van der Waals surface area (Å²) in [6.45, 7) is 1.00. The predicted octanol–water partition coefficient (Wildman–Crippen LogP) is 3.17. The molecular formula is C20H22N2O2S. The Morgan fingerprint density at radius 1 is 1.04 bits per heavy atom. The molecule has 25 heavy (non-hydrogen) atoms. The highest BCUT2D eigenvalue weighted by Gasteiger charge is 2.40. The van der Waals surface area contributed by atoms with Crippen molar-refractivity contribution in [1.82, 2.24) is 9.80 Å². The summed E-state index contributed by atoms with van der Waals surface area (Å²) in [5, 5.41) is 0. The summed E-state index contributed by atoms with van der Waals surface area (Å²) in [6.07, 6.45) is 2.30. The van der Waals surface area contributed by atoms with Crippen molar-refractivity contribution in [3.63, 3.8) is 0 Å². The van der Waals surface area contributed by atoms with Crippen LogP contribution in [0.4, 0.5) is 0 Å². The van der Waals surface area contributed by atoms with Crippen LogP contribution in [0.3, 0.4) is 0 Å². The van der Waals surface area contributed by atoms with Gasteiger partial charge in [-0.3, -0.25) is 19.4 Å². The van der Waals surface area contributed by atoms with Crippen LogP contribution in [0.15, 0.2) is 59.5 Å². The molecule has 5 heteroatoms. The van der Waals surface area contributed by atoms with Crippen molar-refractivity contribution in [2.75, 3.05) is 13.3 Å². The van der Waals surface area contributed by atoms with Crippen LogP contribution >= 0.6 is 11.8 Å². The normalized spacial score (nSPS) is 17.6. The summed E-state index contributed by atoms with van der Waals surface area (Å²) in [6, 6.07) is 17.6. The molecular weight excluding hydrogens is 332 g/mol. The second kappa shape index (κ2) is 7.85. The van der Waals surface area contributed by atoms with Crippen LogP contribution < -0.4 is 0 Å². The van der Waals surface area contributed by atoms with Crippen molar-refractivity contribution in [2.24, 2.45) is 0 Å². The number of carbonyl (C=O) groups excluding carboxylic acids is 2. The first-order chi connectivity index (χ1) is 12.1. The third kappa shape index (κ3) is 4.11. The van der Waals surface area contributed by atoms with Crippen molar-refractivity contribution < 1.29 is 9.59 Å². The first kappa shape index (κ1) is 17.7. The monoisotopic (exact) mass is 354 g/mol. The summed E-state index contributed by atoms with van der Waals surface area (Å²) >= 11 is 1.70. The third-order valence-corrected chi connectivity index (χ3v) is 5.27. The van der Waals surface area contributed by atoms with Crippen LogP contribution in [0, 0.1) is 0 Å². The molecule has 3 rings (SSSR count). The molecule has 4 nitrogen and oxygen atoms in total. The zero-order valence-corrected chi connectivity index (χ0v) is 15.3. The molecule has 0 saturated carbocycles. The summed E-state index contributed by atoms with van der Waals surface area (Å²) in [5.41, 5.74) is 2.11. The fraction of sp³-hybridized carbons (Fsp3) is 0.300. The van der Waals surface area contributed by atoms with Crippen molar-refractivity contribution >= 4 is 23.6 Å². The average Bonchev–Trinajstić information content (AvgIpc) is 2.91. The number of nitrogens with zero attached hydrogens (tertiary/aromatic N) is 2. The van der Waals surface area contributed by atoms with Gasteiger partial charge < -0.3 is 0 Å². The molecule has 1 aliphatic rings. The van der Waals surface area contributed by atoms with E-state index < -0.39 is 0 Å². The lowest BCUT2D eigenvalue weighted by Gasteiger charge is -2.23. The Kier molecular flexibility index (Phi) is 5.56. The van der Waals surface area contributed by atoms with Gasteiger partial charge in [-0.15, -0.1) is 11.8 Å². The fourth-order valence-electron chi connectivity index (χ4n) is 3.07. The number of hydrogen-bond donors (Lipinski definition) is 0. The maximum atomic E-state index is 12.7. The highest BCUT2D eigenvalue weighted by atomic mass is 32.2. The quantitative estimate of drug-likeness (QED) is 0.590. The van der Waals surface area contributed by atoms with E-state index in [0.29, 0.717) is 13.1 Å². The van der Waals surface area contributed by atoms with E-state index in [0.717, 1.165) is 11.1 Å². The number of carbonyl (C=O) groups is 2. The molecule has 0 unspecified atom stereocenters. The van der Waals surface area contributed by atoms with Gasteiger partial charge in [0.15, 0.2) is 0 Å². The molecule has 2 aromatic rings. The Hall–Kier alpha value is -2.11. The minimum absolute atomic E-state index is 0.0940. The average molecular weight is 354 g/mol. The molecule has 0 aliphatic carbocycles. The topological polar surface area (TPSA) is 40.6 Å². The van der Waals surface area contributed by atoms with Gasteiger partial charge in [0.1, 0.15) is 0 Å². The van der Waals surface area contributed by atoms with Gasteiger partial charge in [0.2, 0.25) is 11.8 Å². The van der Waals surface area contributed by atoms with Crippen LogP contribution in [0.5, 0.6) is 0 Å². The smallest absolute Gasteiger partial charge is 0.247 e. The number of rotatable bonds is 6. The minimum Gasteiger partial charge on any atom is -0.290 e. The van der Waals surface area contributed by atoms with Gasteiger partial charge in [0, 0.05) is 11.4 Å². The number of thioether (sulfide) groups is 1. The Balaban J connectivity index is 1.66. The molecule has 0 spiro atoms. The number of amides is 2. The first-order valence-electron chi connectivity index (χ1n) is 8.30. The van der Waals surface area contributed by atoms with Crippen molar-refractivity contribution in [1.29, 1.82) is 0 Å². The Morgan fingerprint density at radius 3 is 2.36 bits per heavy atom. The molecule has 0 bridgehead atoms. The standard InChI is InChI=1S/C20H22N2O2S/c1-21(13-16-8-10-17(25-2)11-9-16)18-12-19(23)22(20(18)24)14-15-6-4-3-5-7-15/h3-11,18H,12-14H2,1-2H3/t18-/m1/s1.